The number of nitrogens with zero attached hydrogens (tertiary/aromatic N) is 1. The van der Waals surface area contributed by atoms with E-state index in [0.717, 1.165) is 48.2 Å². The van der Waals surface area contributed by atoms with Crippen LogP contribution in [0, 0.1) is 34.5 Å². The van der Waals surface area contributed by atoms with Gasteiger partial charge in [0.1, 0.15) is 0 Å². The number of amides is 1. The summed E-state index contributed by atoms with van der Waals surface area (Å²) >= 11 is 3.69. The minimum Gasteiger partial charge on any atom is -0.393 e. The van der Waals surface area contributed by atoms with Gasteiger partial charge >= 0.3 is 0 Å². The van der Waals surface area contributed by atoms with Crippen molar-refractivity contribution < 1.29 is 9.90 Å². The van der Waals surface area contributed by atoms with E-state index in [4.69, 9.17) is 0 Å². The van der Waals surface area contributed by atoms with Crippen molar-refractivity contribution in [2.75, 3.05) is 4.90 Å². The van der Waals surface area contributed by atoms with Gasteiger partial charge in [-0.1, -0.05) is 48.4 Å². The van der Waals surface area contributed by atoms with Crippen molar-refractivity contribution >= 4 is 27.5 Å². The molecule has 1 aromatic carbocycles. The number of rotatable bonds is 0. The van der Waals surface area contributed by atoms with E-state index in [0.29, 0.717) is 29.7 Å². The molecule has 0 spiro atoms. The lowest BCUT2D eigenvalue weighted by Crippen LogP contribution is -2.52. The van der Waals surface area contributed by atoms with E-state index in [-0.39, 0.29) is 22.8 Å². The number of allylic oxidation sites excluding steroid dienone is 1. The minimum absolute atomic E-state index is 0.146. The summed E-state index contributed by atoms with van der Waals surface area (Å²) < 4.78 is 1.11. The van der Waals surface area contributed by atoms with E-state index in [1.807, 2.05) is 0 Å². The van der Waals surface area contributed by atoms with Crippen LogP contribution >= 0.6 is 15.9 Å². The predicted molar refractivity (Wildman–Crippen MR) is 136 cm³/mol. The van der Waals surface area contributed by atoms with Gasteiger partial charge in [-0.2, -0.15) is 0 Å². The first kappa shape index (κ1) is 22.3. The second kappa shape index (κ2) is 7.43. The Morgan fingerprint density at radius 3 is 2.73 bits per heavy atom. The average Bonchev–Trinajstić information content (AvgIpc) is 3.07. The molecule has 1 amide bonds. The van der Waals surface area contributed by atoms with Crippen molar-refractivity contribution in [1.82, 2.24) is 0 Å². The molecule has 0 bridgehead atoms. The van der Waals surface area contributed by atoms with E-state index in [2.05, 4.69) is 65.9 Å². The van der Waals surface area contributed by atoms with Crippen LogP contribution in [0.5, 0.6) is 0 Å². The van der Waals surface area contributed by atoms with Gasteiger partial charge in [-0.15, -0.1) is 0 Å². The molecule has 4 aliphatic carbocycles. The smallest absolute Gasteiger partial charge is 0.224 e. The zero-order valence-corrected chi connectivity index (χ0v) is 22.1. The standard InChI is InChI=1S/C29H38BrNO2/c1-16-22-14-19(30)6-8-25(22)31(17(2)32)26-15-24-21-7-5-18-13-20(33)9-11-28(18,3)23(21)10-12-29(24,4)27(16)26/h5-6,8,14,16,20-21,23-24,26-27,33H,7,9-13,15H2,1-4H3/t16-,20+,21-,23+,24+,26+,27+,28+,29+/m1/s1. The van der Waals surface area contributed by atoms with E-state index < -0.39 is 0 Å². The van der Waals surface area contributed by atoms with Crippen molar-refractivity contribution in [3.8, 4) is 0 Å². The Morgan fingerprint density at radius 2 is 1.97 bits per heavy atom. The molecular formula is C29H38BrNO2. The molecule has 6 rings (SSSR count). The first-order valence-corrected chi connectivity index (χ1v) is 13.9. The summed E-state index contributed by atoms with van der Waals surface area (Å²) in [5, 5.41) is 10.3. The Bertz CT molecular complexity index is 1030. The van der Waals surface area contributed by atoms with Gasteiger partial charge in [0.15, 0.2) is 0 Å². The lowest BCUT2D eigenvalue weighted by molar-refractivity contribution is -0.117. The van der Waals surface area contributed by atoms with E-state index in [9.17, 15) is 9.90 Å². The maximum Gasteiger partial charge on any atom is 0.224 e. The van der Waals surface area contributed by atoms with Gasteiger partial charge in [0.2, 0.25) is 5.91 Å². The highest BCUT2D eigenvalue weighted by Gasteiger charge is 2.64. The molecule has 1 aliphatic heterocycles. The number of halogens is 1. The second-order valence-corrected chi connectivity index (χ2v) is 13.3. The van der Waals surface area contributed by atoms with Crippen LogP contribution in [0.1, 0.15) is 84.1 Å². The molecule has 1 heterocycles. The molecule has 0 saturated heterocycles. The van der Waals surface area contributed by atoms with Crippen molar-refractivity contribution in [3.63, 3.8) is 0 Å². The van der Waals surface area contributed by atoms with Crippen molar-refractivity contribution in [2.24, 2.45) is 34.5 Å². The summed E-state index contributed by atoms with van der Waals surface area (Å²) in [7, 11) is 0. The maximum absolute atomic E-state index is 13.0. The lowest BCUT2D eigenvalue weighted by atomic mass is 9.47. The van der Waals surface area contributed by atoms with Crippen LogP contribution in [-0.2, 0) is 4.79 Å². The minimum atomic E-state index is -0.146. The van der Waals surface area contributed by atoms with Crippen LogP contribution in [0.3, 0.4) is 0 Å². The normalized spacial score (nSPS) is 45.8. The van der Waals surface area contributed by atoms with Crippen LogP contribution in [0.4, 0.5) is 5.69 Å². The van der Waals surface area contributed by atoms with Gasteiger partial charge in [-0.3, -0.25) is 4.79 Å². The van der Waals surface area contributed by atoms with Gasteiger partial charge in [-0.25, -0.2) is 0 Å². The van der Waals surface area contributed by atoms with Gasteiger partial charge in [0, 0.05) is 23.1 Å². The van der Waals surface area contributed by atoms with Crippen molar-refractivity contribution in [2.45, 2.75) is 90.7 Å². The third-order valence-electron chi connectivity index (χ3n) is 11.1. The molecule has 0 radical (unpaired) electrons. The van der Waals surface area contributed by atoms with Gasteiger partial charge < -0.3 is 10.0 Å². The number of aliphatic hydroxyl groups is 1. The third-order valence-corrected chi connectivity index (χ3v) is 11.6. The molecule has 4 heteroatoms. The summed E-state index contributed by atoms with van der Waals surface area (Å²) in [5.41, 5.74) is 4.55. The van der Waals surface area contributed by atoms with Gasteiger partial charge in [-0.05, 0) is 109 Å². The van der Waals surface area contributed by atoms with E-state index >= 15 is 0 Å². The van der Waals surface area contributed by atoms with Crippen LogP contribution in [0.2, 0.25) is 0 Å². The highest BCUT2D eigenvalue weighted by molar-refractivity contribution is 9.10. The zero-order valence-electron chi connectivity index (χ0n) is 20.5. The first-order valence-electron chi connectivity index (χ1n) is 13.1. The van der Waals surface area contributed by atoms with Gasteiger partial charge in [0.25, 0.3) is 0 Å². The van der Waals surface area contributed by atoms with Crippen LogP contribution in [0.25, 0.3) is 0 Å². The predicted octanol–water partition coefficient (Wildman–Crippen LogP) is 6.84. The highest BCUT2D eigenvalue weighted by atomic mass is 79.9. The molecule has 1 N–H and O–H groups in total. The summed E-state index contributed by atoms with van der Waals surface area (Å²) in [6.07, 6.45) is 10.2. The van der Waals surface area contributed by atoms with Crippen LogP contribution < -0.4 is 4.90 Å². The Kier molecular flexibility index (Phi) is 5.03. The van der Waals surface area contributed by atoms with Crippen molar-refractivity contribution in [3.05, 3.63) is 39.9 Å². The maximum atomic E-state index is 13.0. The number of carbonyl (C=O) groups is 1. The Balaban J connectivity index is 1.41. The number of fused-ring (bicyclic) bond motifs is 8. The van der Waals surface area contributed by atoms with Crippen LogP contribution in [-0.4, -0.2) is 23.2 Å². The monoisotopic (exact) mass is 511 g/mol. The molecular weight excluding hydrogens is 474 g/mol. The molecule has 1 aromatic rings. The Labute approximate surface area is 207 Å². The molecule has 3 fully saturated rings. The first-order chi connectivity index (χ1) is 15.6. The zero-order chi connectivity index (χ0) is 23.3. The number of anilines is 1. The average molecular weight is 513 g/mol. The van der Waals surface area contributed by atoms with Crippen molar-refractivity contribution in [1.29, 1.82) is 0 Å². The SMILES string of the molecule is CC(=O)N1c2ccc(Br)cc2[C@@H](C)[C@H]2[C@@H]1C[C@H]1[C@@H]3CC=C4C[C@@H](O)CC[C@]4(C)[C@H]3CC[C@]21C. The number of hydrogen-bond acceptors (Lipinski definition) is 2. The highest BCUT2D eigenvalue weighted by Crippen LogP contribution is 2.69. The summed E-state index contributed by atoms with van der Waals surface area (Å²) in [6, 6.07) is 6.82. The molecule has 33 heavy (non-hydrogen) atoms. The number of benzene rings is 1. The lowest BCUT2D eigenvalue weighted by Gasteiger charge is -2.58. The molecule has 9 atom stereocenters. The number of carbonyl (C=O) groups excluding carboxylic acids is 1. The molecule has 0 aromatic heterocycles. The molecule has 3 nitrogen and oxygen atoms in total. The van der Waals surface area contributed by atoms with E-state index in [1.165, 1.54) is 24.0 Å². The topological polar surface area (TPSA) is 40.5 Å². The fraction of sp³-hybridized carbons (Fsp3) is 0.690. The largest absolute Gasteiger partial charge is 0.393 e. The fourth-order valence-corrected chi connectivity index (χ4v) is 10.1. The summed E-state index contributed by atoms with van der Waals surface area (Å²) in [4.78, 5) is 15.2. The fourth-order valence-electron chi connectivity index (χ4n) is 9.75. The van der Waals surface area contributed by atoms with Crippen LogP contribution in [0.15, 0.2) is 34.3 Å². The van der Waals surface area contributed by atoms with Gasteiger partial charge in [0.05, 0.1) is 6.10 Å². The third kappa shape index (κ3) is 2.98. The quantitative estimate of drug-likeness (QED) is 0.387. The number of aliphatic hydroxyl groups excluding tert-OH is 1. The summed E-state index contributed by atoms with van der Waals surface area (Å²) in [5.74, 6) is 3.25. The molecule has 178 valence electrons. The molecule has 5 aliphatic rings. The number of hydrogen-bond donors (Lipinski definition) is 1. The summed E-state index contributed by atoms with van der Waals surface area (Å²) in [6.45, 7) is 9.26. The van der Waals surface area contributed by atoms with E-state index in [1.54, 1.807) is 6.92 Å². The Morgan fingerprint density at radius 1 is 1.18 bits per heavy atom. The second-order valence-electron chi connectivity index (χ2n) is 12.4. The molecule has 3 saturated carbocycles. The Hall–Kier alpha value is -1.13. The molecule has 0 unspecified atom stereocenters.